The molecule has 0 atom stereocenters. The van der Waals surface area contributed by atoms with E-state index < -0.39 is 0 Å². The van der Waals surface area contributed by atoms with Gasteiger partial charge in [0.1, 0.15) is 0 Å². The predicted molar refractivity (Wildman–Crippen MR) is 591 cm³/mol. The number of rotatable bonds is 10. The summed E-state index contributed by atoms with van der Waals surface area (Å²) in [5, 5.41) is 4.85. The molecule has 0 amide bonds. The number of benzene rings is 12. The van der Waals surface area contributed by atoms with Crippen LogP contribution in [-0.2, 0) is 101 Å². The van der Waals surface area contributed by atoms with Gasteiger partial charge in [-0.2, -0.15) is 0 Å². The maximum atomic E-state index is 4.59. The molecule has 0 fully saturated rings. The van der Waals surface area contributed by atoms with Crippen molar-refractivity contribution in [1.29, 1.82) is 0 Å². The van der Waals surface area contributed by atoms with Crippen LogP contribution in [0.4, 0.5) is 0 Å². The summed E-state index contributed by atoms with van der Waals surface area (Å²) < 4.78 is 0. The third-order valence-electron chi connectivity index (χ3n) is 22.3. The van der Waals surface area contributed by atoms with Gasteiger partial charge in [-0.1, -0.05) is 207 Å². The van der Waals surface area contributed by atoms with Crippen molar-refractivity contribution in [3.63, 3.8) is 0 Å². The van der Waals surface area contributed by atoms with Crippen LogP contribution in [0.1, 0.15) is 83.5 Å². The van der Waals surface area contributed by atoms with E-state index in [9.17, 15) is 0 Å². The normalized spacial score (nSPS) is 9.86. The number of fused-ring (bicyclic) bond motifs is 2. The molecule has 0 aliphatic heterocycles. The van der Waals surface area contributed by atoms with Crippen molar-refractivity contribution in [3.8, 4) is 113 Å². The molecule has 0 saturated carbocycles. The van der Waals surface area contributed by atoms with Crippen molar-refractivity contribution >= 4 is 21.5 Å². The Hall–Kier alpha value is -14.1. The third-order valence-corrected chi connectivity index (χ3v) is 22.3. The fraction of sp³-hybridized carbons (Fsp3) is 0.113. The smallest absolute Gasteiger partial charge is 0.0196 e. The topological polar surface area (TPSA) is 129 Å². The Morgan fingerprint density at radius 2 is 0.439 bits per heavy atom. The van der Waals surface area contributed by atoms with E-state index in [-0.39, 0.29) is 101 Å². The van der Waals surface area contributed by atoms with Gasteiger partial charge in [-0.25, -0.2) is 0 Å². The first kappa shape index (κ1) is 119. The summed E-state index contributed by atoms with van der Waals surface area (Å²) in [7, 11) is 0. The van der Waals surface area contributed by atoms with E-state index in [1.165, 1.54) is 105 Å². The van der Waals surface area contributed by atoms with Crippen molar-refractivity contribution in [2.24, 2.45) is 0 Å². The zero-order valence-corrected chi connectivity index (χ0v) is 97.5. The van der Waals surface area contributed by atoms with Crippen molar-refractivity contribution in [2.45, 2.75) is 104 Å². The largest absolute Gasteiger partial charge is 0.305 e. The summed E-state index contributed by atoms with van der Waals surface area (Å²) in [5.74, 6) is 0. The van der Waals surface area contributed by atoms with E-state index >= 15 is 0 Å². The van der Waals surface area contributed by atoms with Crippen LogP contribution in [0.5, 0.6) is 0 Å². The van der Waals surface area contributed by atoms with E-state index in [1.54, 1.807) is 18.6 Å². The standard InChI is InChI=1S/C17H14N.C16H12N.4C13H12N.4C12H10N.5Ir/c1-12-6-5-7-14(10-12)17-16-9-4-3-8-15(16)13(2)11-18-17;1-12-5-4-7-14(11-12)16-15-8-3-2-6-13(15)9-10-17-16;1-10-3-6-12(7-4-10)13-8-5-11(2)9-14-13;1-10-4-3-5-12(8-10)13-9-11(2)6-7-14-13;2*1-10-4-3-5-12(8-10)13-7-6-11(2)9-14-13;1-10-5-4-6-11(9-10)12-7-2-3-8-13-12;2*1-10-5-7-11(8-6-10)12-4-2-3-9-13-12;1-10-7-8-12(13-9-10)11-5-3-2-4-6-11;;;;;/h3-6,8-11H,1-2H3;2-6,8-11H,1H3;3-6,8-9H,1-2H3;3*3-4,6-9H,1-2H3;2-5,7-9H,1H3;2*2-7,9H,1H3;2-5,7-9H,1H3;;;;;/q10*-1;;;;;. The fourth-order valence-electron chi connectivity index (χ4n) is 14.5. The first-order chi connectivity index (χ1) is 69.6. The molecule has 10 heterocycles. The number of aromatic nitrogens is 10. The number of hydrogen-bond acceptors (Lipinski definition) is 10. The minimum absolute atomic E-state index is 0. The predicted octanol–water partition coefficient (Wildman–Crippen LogP) is 32.4. The van der Waals surface area contributed by atoms with Crippen LogP contribution in [0, 0.1) is 165 Å². The average molecular weight is 2810 g/mol. The molecule has 0 saturated heterocycles. The fourth-order valence-corrected chi connectivity index (χ4v) is 14.5. The zero-order valence-electron chi connectivity index (χ0n) is 85.5. The molecule has 0 aliphatic carbocycles. The minimum atomic E-state index is 0. The van der Waals surface area contributed by atoms with Gasteiger partial charge >= 0.3 is 0 Å². The van der Waals surface area contributed by atoms with E-state index in [4.69, 9.17) is 0 Å². The van der Waals surface area contributed by atoms with Crippen LogP contribution in [0.3, 0.4) is 0 Å². The van der Waals surface area contributed by atoms with E-state index in [0.717, 1.165) is 113 Å². The summed E-state index contributed by atoms with van der Waals surface area (Å²) in [4.78, 5) is 43.5. The van der Waals surface area contributed by atoms with Gasteiger partial charge in [0.05, 0.1) is 0 Å². The van der Waals surface area contributed by atoms with Gasteiger partial charge in [0.25, 0.3) is 0 Å². The third kappa shape index (κ3) is 38.3. The minimum Gasteiger partial charge on any atom is -0.305 e. The first-order valence-corrected chi connectivity index (χ1v) is 47.5. The molecule has 0 unspecified atom stereocenters. The maximum absolute atomic E-state index is 4.59. The molecule has 22 aromatic rings. The Balaban J connectivity index is 0.000000200. The van der Waals surface area contributed by atoms with Crippen LogP contribution < -0.4 is 0 Å². The Kier molecular flexibility index (Phi) is 50.5. The van der Waals surface area contributed by atoms with Gasteiger partial charge in [0.2, 0.25) is 0 Å². The van der Waals surface area contributed by atoms with Crippen molar-refractivity contribution in [1.82, 2.24) is 49.8 Å². The Labute approximate surface area is 943 Å². The average Bonchev–Trinajstić information content (AvgIpc) is 0.786. The molecule has 148 heavy (non-hydrogen) atoms. The first-order valence-electron chi connectivity index (χ1n) is 47.5. The second-order valence-corrected chi connectivity index (χ2v) is 34.8. The molecule has 12 aromatic carbocycles. The molecular weight excluding hydrogens is 2700 g/mol. The van der Waals surface area contributed by atoms with Crippen molar-refractivity contribution in [3.05, 3.63) is 564 Å². The van der Waals surface area contributed by atoms with Gasteiger partial charge in [-0.3, -0.25) is 0 Å². The maximum Gasteiger partial charge on any atom is 0.0196 e. The van der Waals surface area contributed by atoms with E-state index in [0.29, 0.717) is 0 Å². The molecule has 22 rings (SSSR count). The summed E-state index contributed by atoms with van der Waals surface area (Å²) in [6.45, 7) is 31.0. The summed E-state index contributed by atoms with van der Waals surface area (Å²) in [6.07, 6.45) is 18.5. The molecule has 5 radical (unpaired) electrons. The van der Waals surface area contributed by atoms with Crippen LogP contribution in [0.2, 0.25) is 0 Å². The van der Waals surface area contributed by atoms with E-state index in [2.05, 4.69) is 320 Å². The molecule has 0 aliphatic rings. The number of pyridine rings is 10. The van der Waals surface area contributed by atoms with Crippen LogP contribution in [0.25, 0.3) is 134 Å². The SMILES string of the molecule is Cc1c[c-]c(-c2ccc(C)cn2)cc1.Cc1c[c-]c(-c2ccccn2)cc1.Cc1c[c-]c(-c2ccccn2)cc1.Cc1cc[c-]c(-c2cc(C)ccn2)c1.Cc1cc[c-]c(-c2ccccn2)c1.Cc1cc[c-]c(-c2ncc(C)c3ccccc23)c1.Cc1cc[c-]c(-c2nccc3ccccc23)c1.Cc1ccc(-c2[c-]ccc(C)c2)nc1.Cc1ccc(-c2[c-]ccc(C)c2)nc1.Cc1ccc(-c2[c-]cccc2)nc1.[Ir].[Ir].[Ir].[Ir].[Ir]. The quantitative estimate of drug-likeness (QED) is 0.122. The van der Waals surface area contributed by atoms with Gasteiger partial charge in [-0.15, -0.1) is 354 Å². The van der Waals surface area contributed by atoms with Crippen molar-refractivity contribution in [2.75, 3.05) is 0 Å². The Morgan fingerprint density at radius 3 is 0.777 bits per heavy atom. The number of nitrogens with zero attached hydrogens (tertiary/aromatic N) is 10. The molecule has 0 spiro atoms. The molecule has 15 heteroatoms. The second kappa shape index (κ2) is 62.8. The number of hydrogen-bond donors (Lipinski definition) is 0. The second-order valence-electron chi connectivity index (χ2n) is 34.8. The molecule has 10 nitrogen and oxygen atoms in total. The molecule has 0 N–H and O–H groups in total. The Morgan fingerprint density at radius 1 is 0.155 bits per heavy atom. The van der Waals surface area contributed by atoms with Crippen molar-refractivity contribution < 1.29 is 101 Å². The zero-order chi connectivity index (χ0) is 100. The van der Waals surface area contributed by atoms with Crippen LogP contribution >= 0.6 is 0 Å². The molecule has 0 bridgehead atoms. The van der Waals surface area contributed by atoms with Crippen LogP contribution in [-0.4, -0.2) is 49.8 Å². The molecule has 10 aromatic heterocycles. The van der Waals surface area contributed by atoms with Gasteiger partial charge in [0.15, 0.2) is 0 Å². The Bertz CT molecular complexity index is 7320. The monoisotopic (exact) mass is 2820 g/mol. The van der Waals surface area contributed by atoms with Crippen LogP contribution in [0.15, 0.2) is 420 Å². The van der Waals surface area contributed by atoms with Gasteiger partial charge in [0, 0.05) is 162 Å². The van der Waals surface area contributed by atoms with Gasteiger partial charge < -0.3 is 49.8 Å². The number of aryl methyl sites for hydroxylation is 15. The molecule has 751 valence electrons. The molecular formula is C133H114Ir5N10-10. The summed E-state index contributed by atoms with van der Waals surface area (Å²) in [5.41, 5.74) is 38.7. The summed E-state index contributed by atoms with van der Waals surface area (Å²) in [6, 6.07) is 151. The summed E-state index contributed by atoms with van der Waals surface area (Å²) >= 11 is 0. The van der Waals surface area contributed by atoms with E-state index in [1.807, 2.05) is 296 Å². The van der Waals surface area contributed by atoms with Gasteiger partial charge in [-0.05, 0) is 178 Å².